The Balaban J connectivity index is 0. The molecule has 0 saturated heterocycles. The SMILES string of the molecule is CC[N+](CC)(CC)CC.[O]=[V](=[O])[OH]. The molecule has 80 valence electrons. The summed E-state index contributed by atoms with van der Waals surface area (Å²) in [4.78, 5) is 0. The molecule has 0 aliphatic heterocycles. The average molecular weight is 230 g/mol. The fourth-order valence-electron chi connectivity index (χ4n) is 1.34. The summed E-state index contributed by atoms with van der Waals surface area (Å²) in [6.45, 7) is 14.2. The van der Waals surface area contributed by atoms with Gasteiger partial charge in [-0.15, -0.1) is 0 Å². The fraction of sp³-hybridized carbons (Fsp3) is 1.00. The monoisotopic (exact) mass is 230 g/mol. The molecule has 0 aromatic heterocycles. The summed E-state index contributed by atoms with van der Waals surface area (Å²) in [7, 11) is 0. The zero-order valence-corrected chi connectivity index (χ0v) is 10.4. The van der Waals surface area contributed by atoms with Crippen LogP contribution in [0.2, 0.25) is 0 Å². The topological polar surface area (TPSA) is 54.4 Å². The molecule has 0 fully saturated rings. The molecule has 0 radical (unpaired) electrons. The van der Waals surface area contributed by atoms with Crippen molar-refractivity contribution in [2.24, 2.45) is 0 Å². The first-order chi connectivity index (χ1) is 5.97. The standard InChI is InChI=1S/C8H20N.H2O.2O.V/c1-5-9(6-2,7-3)8-4;;;;/h5-8H2,1-4H3;1H2;;;/q+1;;;;+1/p-1. The Labute approximate surface area is 85.5 Å². The van der Waals surface area contributed by atoms with E-state index in [0.29, 0.717) is 0 Å². The normalized spacial score (nSPS) is 10.2. The zero-order valence-electron chi connectivity index (χ0n) is 8.99. The molecule has 0 saturated carbocycles. The van der Waals surface area contributed by atoms with Gasteiger partial charge in [0.15, 0.2) is 0 Å². The molecular formula is C8H21NO3V+. The van der Waals surface area contributed by atoms with E-state index in [1.54, 1.807) is 0 Å². The number of hydrogen-bond donors (Lipinski definition) is 1. The first-order valence-corrected chi connectivity index (χ1v) is 6.42. The van der Waals surface area contributed by atoms with Crippen LogP contribution in [-0.4, -0.2) is 34.7 Å². The summed E-state index contributed by atoms with van der Waals surface area (Å²) in [5.74, 6) is 0. The van der Waals surface area contributed by atoms with Gasteiger partial charge in [-0.05, 0) is 27.7 Å². The van der Waals surface area contributed by atoms with Gasteiger partial charge in [-0.2, -0.15) is 0 Å². The van der Waals surface area contributed by atoms with Crippen molar-refractivity contribution >= 4 is 0 Å². The van der Waals surface area contributed by atoms with E-state index in [1.165, 1.54) is 30.7 Å². The van der Waals surface area contributed by atoms with Crippen LogP contribution in [0, 0.1) is 0 Å². The van der Waals surface area contributed by atoms with Gasteiger partial charge in [-0.3, -0.25) is 0 Å². The van der Waals surface area contributed by atoms with Crippen LogP contribution in [0.5, 0.6) is 0 Å². The van der Waals surface area contributed by atoms with Crippen molar-refractivity contribution in [3.63, 3.8) is 0 Å². The molecule has 0 spiro atoms. The Morgan fingerprint density at radius 3 is 1.08 bits per heavy atom. The van der Waals surface area contributed by atoms with E-state index in [2.05, 4.69) is 27.7 Å². The predicted molar refractivity (Wildman–Crippen MR) is 46.0 cm³/mol. The summed E-state index contributed by atoms with van der Waals surface area (Å²) >= 11 is -3.69. The van der Waals surface area contributed by atoms with Gasteiger partial charge < -0.3 is 4.48 Å². The van der Waals surface area contributed by atoms with Gasteiger partial charge in [-0.1, -0.05) is 0 Å². The van der Waals surface area contributed by atoms with Crippen molar-refractivity contribution in [1.82, 2.24) is 0 Å². The Morgan fingerprint density at radius 2 is 1.08 bits per heavy atom. The van der Waals surface area contributed by atoms with Crippen LogP contribution in [0.25, 0.3) is 0 Å². The third-order valence-corrected chi connectivity index (χ3v) is 2.68. The van der Waals surface area contributed by atoms with Crippen molar-refractivity contribution in [1.29, 1.82) is 0 Å². The van der Waals surface area contributed by atoms with E-state index in [-0.39, 0.29) is 0 Å². The average Bonchev–Trinajstić information content (AvgIpc) is 2.09. The molecule has 0 aliphatic carbocycles. The molecule has 0 aliphatic rings. The van der Waals surface area contributed by atoms with Gasteiger partial charge >= 0.3 is 26.8 Å². The van der Waals surface area contributed by atoms with Crippen LogP contribution in [0.1, 0.15) is 27.7 Å². The molecule has 0 atom stereocenters. The van der Waals surface area contributed by atoms with Crippen LogP contribution in [0.3, 0.4) is 0 Å². The van der Waals surface area contributed by atoms with Crippen molar-refractivity contribution in [2.75, 3.05) is 26.2 Å². The summed E-state index contributed by atoms with van der Waals surface area (Å²) in [6, 6.07) is 0. The van der Waals surface area contributed by atoms with Crippen molar-refractivity contribution in [3.05, 3.63) is 0 Å². The predicted octanol–water partition coefficient (Wildman–Crippen LogP) is 1.09. The van der Waals surface area contributed by atoms with E-state index >= 15 is 0 Å². The van der Waals surface area contributed by atoms with Gasteiger partial charge in [0.25, 0.3) is 0 Å². The van der Waals surface area contributed by atoms with E-state index < -0.39 is 15.4 Å². The summed E-state index contributed by atoms with van der Waals surface area (Å²) < 4.78 is 25.7. The van der Waals surface area contributed by atoms with Crippen LogP contribution in [0.15, 0.2) is 0 Å². The van der Waals surface area contributed by atoms with Gasteiger partial charge in [0.05, 0.1) is 26.2 Å². The second-order valence-corrected chi connectivity index (χ2v) is 3.59. The van der Waals surface area contributed by atoms with Gasteiger partial charge in [0, 0.05) is 0 Å². The fourth-order valence-corrected chi connectivity index (χ4v) is 1.34. The van der Waals surface area contributed by atoms with Crippen LogP contribution >= 0.6 is 0 Å². The van der Waals surface area contributed by atoms with Crippen LogP contribution < -0.4 is 0 Å². The van der Waals surface area contributed by atoms with Crippen LogP contribution in [0.4, 0.5) is 0 Å². The van der Waals surface area contributed by atoms with Crippen molar-refractivity contribution in [3.8, 4) is 0 Å². The maximum atomic E-state index is 8.67. The number of quaternary nitrogens is 1. The molecule has 0 rings (SSSR count). The van der Waals surface area contributed by atoms with E-state index in [1.807, 2.05) is 0 Å². The minimum absolute atomic E-state index is 1.28. The molecule has 0 aromatic carbocycles. The Kier molecular flexibility index (Phi) is 10.4. The Hall–Kier alpha value is 0.104. The summed E-state index contributed by atoms with van der Waals surface area (Å²) in [6.07, 6.45) is 0. The number of rotatable bonds is 4. The quantitative estimate of drug-likeness (QED) is 0.735. The van der Waals surface area contributed by atoms with Crippen molar-refractivity contribution in [2.45, 2.75) is 27.7 Å². The molecule has 0 unspecified atom stereocenters. The van der Waals surface area contributed by atoms with Gasteiger partial charge in [0.1, 0.15) is 0 Å². The first-order valence-electron chi connectivity index (χ1n) is 4.66. The van der Waals surface area contributed by atoms with Crippen molar-refractivity contribution < 1.29 is 31.3 Å². The van der Waals surface area contributed by atoms with Crippen LogP contribution in [-0.2, 0) is 22.7 Å². The molecule has 0 bridgehead atoms. The Bertz CT molecular complexity index is 151. The molecule has 5 heteroatoms. The third kappa shape index (κ3) is 8.43. The summed E-state index contributed by atoms with van der Waals surface area (Å²) in [5, 5.41) is 0. The molecule has 13 heavy (non-hydrogen) atoms. The third-order valence-electron chi connectivity index (χ3n) is 2.68. The Morgan fingerprint density at radius 1 is 0.923 bits per heavy atom. The molecule has 0 heterocycles. The van der Waals surface area contributed by atoms with Gasteiger partial charge in [-0.25, -0.2) is 0 Å². The van der Waals surface area contributed by atoms with Gasteiger partial charge in [0.2, 0.25) is 0 Å². The number of nitrogens with zero attached hydrogens (tertiary/aromatic N) is 1. The second kappa shape index (κ2) is 8.69. The molecule has 1 N–H and O–H groups in total. The molecule has 0 aromatic rings. The first kappa shape index (κ1) is 15.6. The zero-order chi connectivity index (χ0) is 10.9. The molecular weight excluding hydrogens is 209 g/mol. The minimum atomic E-state index is -3.69. The molecule has 4 nitrogen and oxygen atoms in total. The summed E-state index contributed by atoms with van der Waals surface area (Å²) in [5.41, 5.74) is 0. The molecule has 0 amide bonds. The van der Waals surface area contributed by atoms with E-state index in [4.69, 9.17) is 11.4 Å². The second-order valence-electron chi connectivity index (χ2n) is 2.84. The number of hydrogen-bond acceptors (Lipinski definition) is 2. The maximum absolute atomic E-state index is 8.67. The van der Waals surface area contributed by atoms with E-state index in [9.17, 15) is 0 Å². The van der Waals surface area contributed by atoms with E-state index in [0.717, 1.165) is 0 Å².